The van der Waals surface area contributed by atoms with Crippen LogP contribution in [0.1, 0.15) is 15.9 Å². The van der Waals surface area contributed by atoms with Crippen molar-refractivity contribution in [3.63, 3.8) is 0 Å². The summed E-state index contributed by atoms with van der Waals surface area (Å²) >= 11 is 6.16. The molecule has 6 heteroatoms. The number of hydrogen-bond donors (Lipinski definition) is 0. The van der Waals surface area contributed by atoms with Gasteiger partial charge in [0.25, 0.3) is 5.91 Å². The van der Waals surface area contributed by atoms with Gasteiger partial charge >= 0.3 is 0 Å². The molecule has 2 aromatic carbocycles. The van der Waals surface area contributed by atoms with Gasteiger partial charge in [-0.05, 0) is 30.7 Å². The van der Waals surface area contributed by atoms with Gasteiger partial charge in [0, 0.05) is 37.3 Å². The van der Waals surface area contributed by atoms with Crippen LogP contribution in [0.4, 0.5) is 10.1 Å². The number of anilines is 1. The van der Waals surface area contributed by atoms with Crippen molar-refractivity contribution in [3.8, 4) is 5.75 Å². The number of rotatable bonds is 3. The molecule has 1 aliphatic heterocycles. The maximum absolute atomic E-state index is 13.8. The highest BCUT2D eigenvalue weighted by Crippen LogP contribution is 2.34. The third kappa shape index (κ3) is 3.56. The number of carbonyl (C=O) groups is 1. The first-order valence-corrected chi connectivity index (χ1v) is 8.52. The van der Waals surface area contributed by atoms with Crippen molar-refractivity contribution in [1.82, 2.24) is 4.90 Å². The minimum atomic E-state index is -0.482. The second-order valence-corrected chi connectivity index (χ2v) is 6.44. The minimum Gasteiger partial charge on any atom is -0.495 e. The Balaban J connectivity index is 1.73. The summed E-state index contributed by atoms with van der Waals surface area (Å²) in [6.45, 7) is 4.30. The van der Waals surface area contributed by atoms with Crippen LogP contribution in [0.5, 0.6) is 5.75 Å². The predicted octanol–water partition coefficient (Wildman–Crippen LogP) is 3.76. The van der Waals surface area contributed by atoms with Gasteiger partial charge in [-0.2, -0.15) is 0 Å². The van der Waals surface area contributed by atoms with E-state index in [1.54, 1.807) is 24.1 Å². The van der Waals surface area contributed by atoms with Crippen LogP contribution in [-0.4, -0.2) is 44.1 Å². The lowest BCUT2D eigenvalue weighted by Crippen LogP contribution is -2.49. The third-order valence-electron chi connectivity index (χ3n) is 4.47. The second-order valence-electron chi connectivity index (χ2n) is 6.03. The van der Waals surface area contributed by atoms with Crippen molar-refractivity contribution in [2.24, 2.45) is 0 Å². The monoisotopic (exact) mass is 362 g/mol. The highest BCUT2D eigenvalue weighted by molar-refractivity contribution is 6.31. The van der Waals surface area contributed by atoms with Gasteiger partial charge in [-0.15, -0.1) is 0 Å². The number of methoxy groups -OCH3 is 1. The van der Waals surface area contributed by atoms with Crippen LogP contribution in [-0.2, 0) is 0 Å². The highest BCUT2D eigenvalue weighted by Gasteiger charge is 2.25. The molecule has 0 aliphatic carbocycles. The van der Waals surface area contributed by atoms with E-state index in [9.17, 15) is 9.18 Å². The number of amides is 1. The molecule has 0 unspecified atom stereocenters. The number of ether oxygens (including phenoxy) is 1. The molecule has 1 saturated heterocycles. The predicted molar refractivity (Wildman–Crippen MR) is 97.3 cm³/mol. The smallest absolute Gasteiger partial charge is 0.256 e. The van der Waals surface area contributed by atoms with Crippen LogP contribution < -0.4 is 9.64 Å². The van der Waals surface area contributed by atoms with E-state index < -0.39 is 5.82 Å². The van der Waals surface area contributed by atoms with E-state index in [-0.39, 0.29) is 11.5 Å². The van der Waals surface area contributed by atoms with Gasteiger partial charge in [0.1, 0.15) is 11.6 Å². The molecule has 0 spiro atoms. The maximum Gasteiger partial charge on any atom is 0.256 e. The average Bonchev–Trinajstić information content (AvgIpc) is 2.63. The molecule has 0 atom stereocenters. The normalized spacial score (nSPS) is 14.6. The van der Waals surface area contributed by atoms with Gasteiger partial charge in [-0.3, -0.25) is 4.79 Å². The van der Waals surface area contributed by atoms with Gasteiger partial charge in [0.15, 0.2) is 0 Å². The summed E-state index contributed by atoms with van der Waals surface area (Å²) < 4.78 is 19.3. The van der Waals surface area contributed by atoms with E-state index in [1.807, 2.05) is 19.1 Å². The van der Waals surface area contributed by atoms with Crippen LogP contribution in [0, 0.1) is 12.7 Å². The van der Waals surface area contributed by atoms with Crippen molar-refractivity contribution in [3.05, 3.63) is 58.4 Å². The zero-order valence-electron chi connectivity index (χ0n) is 14.3. The molecular formula is C19H20ClFN2O2. The summed E-state index contributed by atoms with van der Waals surface area (Å²) in [5.41, 5.74) is 2.06. The lowest BCUT2D eigenvalue weighted by atomic mass is 10.1. The number of carbonyl (C=O) groups excluding carboxylic acids is 1. The maximum atomic E-state index is 13.8. The lowest BCUT2D eigenvalue weighted by Gasteiger charge is -2.37. The standard InChI is InChI=1S/C19H20ClFN2O2/c1-13-11-17(18(25-2)12-15(13)20)22-7-9-23(10-8-22)19(24)14-5-3-4-6-16(14)21/h3-6,11-12H,7-10H2,1-2H3. The Hall–Kier alpha value is -2.27. The molecule has 0 bridgehead atoms. The van der Waals surface area contributed by atoms with Crippen molar-refractivity contribution in [1.29, 1.82) is 0 Å². The van der Waals surface area contributed by atoms with Crippen LogP contribution in [0.3, 0.4) is 0 Å². The number of nitrogens with zero attached hydrogens (tertiary/aromatic N) is 2. The van der Waals surface area contributed by atoms with E-state index in [4.69, 9.17) is 16.3 Å². The molecule has 0 N–H and O–H groups in total. The molecule has 132 valence electrons. The van der Waals surface area contributed by atoms with E-state index in [0.717, 1.165) is 11.3 Å². The van der Waals surface area contributed by atoms with Gasteiger partial charge in [0.05, 0.1) is 18.4 Å². The summed E-state index contributed by atoms with van der Waals surface area (Å²) in [4.78, 5) is 16.4. The molecule has 2 aromatic rings. The third-order valence-corrected chi connectivity index (χ3v) is 4.88. The fraction of sp³-hybridized carbons (Fsp3) is 0.316. The Labute approximate surface area is 151 Å². The quantitative estimate of drug-likeness (QED) is 0.833. The minimum absolute atomic E-state index is 0.121. The number of benzene rings is 2. The van der Waals surface area contributed by atoms with Crippen LogP contribution in [0.2, 0.25) is 5.02 Å². The zero-order chi connectivity index (χ0) is 18.0. The number of hydrogen-bond acceptors (Lipinski definition) is 3. The van der Waals surface area contributed by atoms with E-state index >= 15 is 0 Å². The molecule has 3 rings (SSSR count). The number of aryl methyl sites for hydroxylation is 1. The summed E-state index contributed by atoms with van der Waals surface area (Å²) in [6, 6.07) is 9.90. The van der Waals surface area contributed by atoms with E-state index in [1.165, 1.54) is 12.1 Å². The van der Waals surface area contributed by atoms with Gasteiger partial charge in [-0.1, -0.05) is 23.7 Å². The molecule has 0 aromatic heterocycles. The average molecular weight is 363 g/mol. The second kappa shape index (κ2) is 7.31. The Bertz CT molecular complexity index is 789. The Kier molecular flexibility index (Phi) is 5.13. The molecule has 1 amide bonds. The summed E-state index contributed by atoms with van der Waals surface area (Å²) in [6.07, 6.45) is 0. The topological polar surface area (TPSA) is 32.8 Å². The van der Waals surface area contributed by atoms with Gasteiger partial charge in [-0.25, -0.2) is 4.39 Å². The molecule has 1 fully saturated rings. The van der Waals surface area contributed by atoms with Crippen molar-refractivity contribution in [2.75, 3.05) is 38.2 Å². The number of piperazine rings is 1. The zero-order valence-corrected chi connectivity index (χ0v) is 15.0. The van der Waals surface area contributed by atoms with E-state index in [2.05, 4.69) is 4.90 Å². The van der Waals surface area contributed by atoms with Crippen molar-refractivity contribution >= 4 is 23.2 Å². The molecule has 4 nitrogen and oxygen atoms in total. The first kappa shape index (κ1) is 17.5. The van der Waals surface area contributed by atoms with Crippen LogP contribution >= 0.6 is 11.6 Å². The van der Waals surface area contributed by atoms with Crippen LogP contribution in [0.15, 0.2) is 36.4 Å². The molecule has 1 aliphatic rings. The van der Waals surface area contributed by atoms with Gasteiger partial charge in [0.2, 0.25) is 0 Å². The van der Waals surface area contributed by atoms with E-state index in [0.29, 0.717) is 37.0 Å². The lowest BCUT2D eigenvalue weighted by molar-refractivity contribution is 0.0742. The van der Waals surface area contributed by atoms with Crippen molar-refractivity contribution in [2.45, 2.75) is 6.92 Å². The Morgan fingerprint density at radius 1 is 1.16 bits per heavy atom. The Morgan fingerprint density at radius 3 is 2.48 bits per heavy atom. The molecule has 0 saturated carbocycles. The summed E-state index contributed by atoms with van der Waals surface area (Å²) in [5.74, 6) is -0.0357. The number of halogens is 2. The van der Waals surface area contributed by atoms with Gasteiger partial charge < -0.3 is 14.5 Å². The molecule has 25 heavy (non-hydrogen) atoms. The highest BCUT2D eigenvalue weighted by atomic mass is 35.5. The summed E-state index contributed by atoms with van der Waals surface area (Å²) in [7, 11) is 1.61. The largest absolute Gasteiger partial charge is 0.495 e. The molecule has 0 radical (unpaired) electrons. The molecule has 1 heterocycles. The summed E-state index contributed by atoms with van der Waals surface area (Å²) in [5, 5.41) is 0.661. The Morgan fingerprint density at radius 2 is 1.84 bits per heavy atom. The fourth-order valence-electron chi connectivity index (χ4n) is 3.01. The first-order chi connectivity index (χ1) is 12.0. The SMILES string of the molecule is COc1cc(Cl)c(C)cc1N1CCN(C(=O)c2ccccc2F)CC1. The van der Waals surface area contributed by atoms with Crippen LogP contribution in [0.25, 0.3) is 0 Å². The first-order valence-electron chi connectivity index (χ1n) is 8.14. The van der Waals surface area contributed by atoms with Crippen molar-refractivity contribution < 1.29 is 13.9 Å². The molecular weight excluding hydrogens is 343 g/mol. The fourth-order valence-corrected chi connectivity index (χ4v) is 3.17.